The Morgan fingerprint density at radius 3 is 2.09 bits per heavy atom. The van der Waals surface area contributed by atoms with Crippen LogP contribution in [0.4, 0.5) is 18.9 Å². The molecule has 9 heteroatoms. The molecule has 0 saturated carbocycles. The molecule has 0 aliphatic rings. The zero-order valence-electron chi connectivity index (χ0n) is 11.6. The van der Waals surface area contributed by atoms with Crippen molar-refractivity contribution < 1.29 is 21.6 Å². The maximum Gasteiger partial charge on any atom is 0.419 e. The van der Waals surface area contributed by atoms with Crippen LogP contribution in [0.2, 0.25) is 10.0 Å². The van der Waals surface area contributed by atoms with Gasteiger partial charge < -0.3 is 0 Å². The van der Waals surface area contributed by atoms with Crippen LogP contribution < -0.4 is 4.72 Å². The van der Waals surface area contributed by atoms with E-state index in [-0.39, 0.29) is 4.90 Å². The van der Waals surface area contributed by atoms with Crippen molar-refractivity contribution in [1.29, 1.82) is 0 Å². The van der Waals surface area contributed by atoms with Crippen LogP contribution in [0.3, 0.4) is 0 Å². The highest BCUT2D eigenvalue weighted by Gasteiger charge is 2.37. The fourth-order valence-electron chi connectivity index (χ4n) is 1.81. The topological polar surface area (TPSA) is 46.2 Å². The number of aryl methyl sites for hydroxylation is 1. The summed E-state index contributed by atoms with van der Waals surface area (Å²) < 4.78 is 65.3. The first-order valence-corrected chi connectivity index (χ1v) is 8.41. The molecule has 0 saturated heterocycles. The third-order valence-electron chi connectivity index (χ3n) is 2.95. The van der Waals surface area contributed by atoms with E-state index in [0.29, 0.717) is 0 Å². The molecule has 2 aromatic carbocycles. The molecule has 0 atom stereocenters. The van der Waals surface area contributed by atoms with Crippen molar-refractivity contribution in [2.45, 2.75) is 18.0 Å². The Labute approximate surface area is 141 Å². The van der Waals surface area contributed by atoms with Crippen molar-refractivity contribution in [3.8, 4) is 0 Å². The lowest BCUT2D eigenvalue weighted by Crippen LogP contribution is -2.15. The second kappa shape index (κ2) is 6.22. The summed E-state index contributed by atoms with van der Waals surface area (Å²) in [7, 11) is -4.07. The van der Waals surface area contributed by atoms with Crippen molar-refractivity contribution >= 4 is 38.9 Å². The van der Waals surface area contributed by atoms with E-state index in [1.54, 1.807) is 19.1 Å². The van der Waals surface area contributed by atoms with Gasteiger partial charge in [0.2, 0.25) is 0 Å². The number of nitrogens with one attached hydrogen (secondary N) is 1. The number of hydrogen-bond donors (Lipinski definition) is 1. The van der Waals surface area contributed by atoms with E-state index in [1.165, 1.54) is 12.1 Å². The molecule has 0 amide bonds. The molecule has 0 heterocycles. The molecule has 0 unspecified atom stereocenters. The first kappa shape index (κ1) is 17.9. The first-order chi connectivity index (χ1) is 10.5. The Morgan fingerprint density at radius 1 is 1.00 bits per heavy atom. The zero-order valence-corrected chi connectivity index (χ0v) is 13.9. The van der Waals surface area contributed by atoms with Gasteiger partial charge in [0.25, 0.3) is 10.0 Å². The minimum absolute atomic E-state index is 0.0947. The monoisotopic (exact) mass is 383 g/mol. The fraction of sp³-hybridized carbons (Fsp3) is 0.143. The lowest BCUT2D eigenvalue weighted by atomic mass is 10.2. The summed E-state index contributed by atoms with van der Waals surface area (Å²) >= 11 is 11.2. The van der Waals surface area contributed by atoms with Crippen molar-refractivity contribution in [2.24, 2.45) is 0 Å². The van der Waals surface area contributed by atoms with E-state index in [2.05, 4.69) is 0 Å². The predicted molar refractivity (Wildman–Crippen MR) is 83.5 cm³/mol. The summed E-state index contributed by atoms with van der Waals surface area (Å²) in [6.07, 6.45) is -4.81. The van der Waals surface area contributed by atoms with Crippen LogP contribution >= 0.6 is 23.2 Å². The van der Waals surface area contributed by atoms with Gasteiger partial charge in [-0.2, -0.15) is 13.2 Å². The van der Waals surface area contributed by atoms with Crippen molar-refractivity contribution in [3.63, 3.8) is 0 Å². The lowest BCUT2D eigenvalue weighted by Gasteiger charge is -2.15. The number of rotatable bonds is 3. The van der Waals surface area contributed by atoms with Gasteiger partial charge in [0.1, 0.15) is 0 Å². The molecule has 0 spiro atoms. The summed E-state index contributed by atoms with van der Waals surface area (Å²) in [5.74, 6) is 0. The summed E-state index contributed by atoms with van der Waals surface area (Å²) in [4.78, 5) is -0.0947. The summed E-state index contributed by atoms with van der Waals surface area (Å²) in [5.41, 5.74) is -0.846. The molecular formula is C14H10Cl2F3NO2S. The van der Waals surface area contributed by atoms with E-state index in [4.69, 9.17) is 23.2 Å². The second-order valence-electron chi connectivity index (χ2n) is 4.70. The van der Waals surface area contributed by atoms with E-state index in [1.807, 2.05) is 4.72 Å². The number of benzene rings is 2. The Morgan fingerprint density at radius 2 is 1.57 bits per heavy atom. The zero-order chi connectivity index (χ0) is 17.4. The quantitative estimate of drug-likeness (QED) is 0.799. The number of sulfonamides is 1. The highest BCUT2D eigenvalue weighted by atomic mass is 35.5. The number of anilines is 1. The molecule has 0 radical (unpaired) electrons. The largest absolute Gasteiger partial charge is 0.419 e. The highest BCUT2D eigenvalue weighted by molar-refractivity contribution is 7.92. The van der Waals surface area contributed by atoms with E-state index in [9.17, 15) is 21.6 Å². The van der Waals surface area contributed by atoms with Crippen LogP contribution in [0.15, 0.2) is 41.3 Å². The molecule has 0 aromatic heterocycles. The van der Waals surface area contributed by atoms with Gasteiger partial charge in [0.05, 0.1) is 26.2 Å². The van der Waals surface area contributed by atoms with Gasteiger partial charge >= 0.3 is 6.18 Å². The number of halogens is 5. The average Bonchev–Trinajstić information content (AvgIpc) is 2.41. The van der Waals surface area contributed by atoms with E-state index in [0.717, 1.165) is 17.7 Å². The standard InChI is InChI=1S/C14H10Cl2F3NO2S/c1-8-2-4-9(5-3-8)23(21,22)20-11-7-6-10(15)12(13(11)16)14(17,18)19/h2-7,20H,1H3. The van der Waals surface area contributed by atoms with Crippen LogP contribution in [-0.2, 0) is 16.2 Å². The molecule has 0 aliphatic carbocycles. The molecule has 1 N–H and O–H groups in total. The SMILES string of the molecule is Cc1ccc(S(=O)(=O)Nc2ccc(Cl)c(C(F)(F)F)c2Cl)cc1. The molecule has 2 rings (SSSR count). The Hall–Kier alpha value is -1.44. The van der Waals surface area contributed by atoms with E-state index >= 15 is 0 Å². The molecule has 0 fully saturated rings. The van der Waals surface area contributed by atoms with Gasteiger partial charge in [0.15, 0.2) is 0 Å². The Kier molecular flexibility index (Phi) is 4.84. The van der Waals surface area contributed by atoms with E-state index < -0.39 is 37.5 Å². The van der Waals surface area contributed by atoms with Crippen LogP contribution in [0, 0.1) is 6.92 Å². The molecule has 3 nitrogen and oxygen atoms in total. The molecular weight excluding hydrogens is 374 g/mol. The summed E-state index contributed by atoms with van der Waals surface area (Å²) in [6, 6.07) is 7.82. The van der Waals surface area contributed by atoms with Crippen molar-refractivity contribution in [3.05, 3.63) is 57.6 Å². The third kappa shape index (κ3) is 3.91. The summed E-state index contributed by atoms with van der Waals surface area (Å²) in [6.45, 7) is 1.77. The first-order valence-electron chi connectivity index (χ1n) is 6.17. The van der Waals surface area contributed by atoms with Gasteiger partial charge in [-0.3, -0.25) is 4.72 Å². The average molecular weight is 384 g/mol. The number of hydrogen-bond acceptors (Lipinski definition) is 2. The normalized spacial score (nSPS) is 12.3. The van der Waals surface area contributed by atoms with Crippen LogP contribution in [-0.4, -0.2) is 8.42 Å². The van der Waals surface area contributed by atoms with Crippen molar-refractivity contribution in [2.75, 3.05) is 4.72 Å². The molecule has 0 bridgehead atoms. The highest BCUT2D eigenvalue weighted by Crippen LogP contribution is 2.43. The lowest BCUT2D eigenvalue weighted by molar-refractivity contribution is -0.137. The van der Waals surface area contributed by atoms with Gasteiger partial charge in [-0.15, -0.1) is 0 Å². The van der Waals surface area contributed by atoms with Gasteiger partial charge in [-0.05, 0) is 31.2 Å². The number of alkyl halides is 3. The fourth-order valence-corrected chi connectivity index (χ4v) is 3.57. The van der Waals surface area contributed by atoms with Crippen molar-refractivity contribution in [1.82, 2.24) is 0 Å². The smallest absolute Gasteiger partial charge is 0.278 e. The van der Waals surface area contributed by atoms with Gasteiger partial charge in [0, 0.05) is 0 Å². The predicted octanol–water partition coefficient (Wildman–Crippen LogP) is 5.12. The second-order valence-corrected chi connectivity index (χ2v) is 7.17. The minimum Gasteiger partial charge on any atom is -0.278 e. The molecule has 124 valence electrons. The molecule has 2 aromatic rings. The van der Waals surface area contributed by atoms with Crippen LogP contribution in [0.1, 0.15) is 11.1 Å². The maximum absolute atomic E-state index is 12.9. The maximum atomic E-state index is 12.9. The van der Waals surface area contributed by atoms with Gasteiger partial charge in [-0.25, -0.2) is 8.42 Å². The van der Waals surface area contributed by atoms with Gasteiger partial charge in [-0.1, -0.05) is 40.9 Å². The third-order valence-corrected chi connectivity index (χ3v) is 5.04. The summed E-state index contributed by atoms with van der Waals surface area (Å²) in [5, 5.41) is -1.42. The minimum atomic E-state index is -4.81. The Balaban J connectivity index is 2.46. The molecule has 0 aliphatic heterocycles. The Bertz CT molecular complexity index is 834. The van der Waals surface area contributed by atoms with Crippen LogP contribution in [0.25, 0.3) is 0 Å². The molecule has 23 heavy (non-hydrogen) atoms. The van der Waals surface area contributed by atoms with Crippen LogP contribution in [0.5, 0.6) is 0 Å².